The summed E-state index contributed by atoms with van der Waals surface area (Å²) in [5, 5.41) is 6.89. The van der Waals surface area contributed by atoms with Crippen molar-refractivity contribution in [3.63, 3.8) is 0 Å². The summed E-state index contributed by atoms with van der Waals surface area (Å²) >= 11 is 0. The van der Waals surface area contributed by atoms with E-state index in [1.165, 1.54) is 11.4 Å². The number of anilines is 2. The summed E-state index contributed by atoms with van der Waals surface area (Å²) in [6.07, 6.45) is 0.712. The number of carbonyl (C=O) groups excluding carboxylic acids is 1. The van der Waals surface area contributed by atoms with Gasteiger partial charge in [0.1, 0.15) is 0 Å². The van der Waals surface area contributed by atoms with E-state index >= 15 is 0 Å². The molecule has 4 rings (SSSR count). The third-order valence-corrected chi connectivity index (χ3v) is 7.44. The van der Waals surface area contributed by atoms with Crippen LogP contribution in [0.4, 0.5) is 11.4 Å². The molecule has 0 unspecified atom stereocenters. The highest BCUT2D eigenvalue weighted by molar-refractivity contribution is 7.92. The van der Waals surface area contributed by atoms with E-state index in [1.807, 2.05) is 38.1 Å². The van der Waals surface area contributed by atoms with Gasteiger partial charge in [-0.2, -0.15) is 4.98 Å². The molecule has 0 aliphatic rings. The van der Waals surface area contributed by atoms with E-state index in [-0.39, 0.29) is 23.1 Å². The minimum absolute atomic E-state index is 0.165. The second kappa shape index (κ2) is 10.7. The molecule has 0 bridgehead atoms. The fourth-order valence-corrected chi connectivity index (χ4v) is 4.78. The average Bonchev–Trinajstić information content (AvgIpc) is 3.35. The van der Waals surface area contributed by atoms with Crippen LogP contribution in [0, 0.1) is 0 Å². The fraction of sp³-hybridized carbons (Fsp3) is 0.222. The van der Waals surface area contributed by atoms with Crippen molar-refractivity contribution < 1.29 is 17.7 Å². The number of hydrogen-bond donors (Lipinski definition) is 1. The lowest BCUT2D eigenvalue weighted by molar-refractivity contribution is -0.115. The molecular weight excluding hydrogens is 476 g/mol. The molecule has 1 N–H and O–H groups in total. The van der Waals surface area contributed by atoms with Crippen molar-refractivity contribution >= 4 is 27.3 Å². The molecule has 0 atom stereocenters. The molecule has 4 aromatic rings. The molecule has 0 aliphatic heterocycles. The predicted octanol–water partition coefficient (Wildman–Crippen LogP) is 4.79. The average molecular weight is 505 g/mol. The van der Waals surface area contributed by atoms with Crippen molar-refractivity contribution in [2.24, 2.45) is 0 Å². The van der Waals surface area contributed by atoms with Gasteiger partial charge < -0.3 is 9.84 Å². The van der Waals surface area contributed by atoms with Gasteiger partial charge in [0.2, 0.25) is 11.8 Å². The molecule has 1 aromatic heterocycles. The number of amides is 1. The molecule has 0 radical (unpaired) electrons. The Morgan fingerprint density at radius 1 is 0.944 bits per heavy atom. The van der Waals surface area contributed by atoms with Crippen LogP contribution in [0.15, 0.2) is 88.3 Å². The molecule has 0 aliphatic carbocycles. The zero-order valence-corrected chi connectivity index (χ0v) is 21.2. The lowest BCUT2D eigenvalue weighted by Crippen LogP contribution is -2.26. The Morgan fingerprint density at radius 3 is 2.19 bits per heavy atom. The molecule has 3 aromatic carbocycles. The highest BCUT2D eigenvalue weighted by atomic mass is 32.2. The van der Waals surface area contributed by atoms with Gasteiger partial charge in [-0.1, -0.05) is 61.5 Å². The summed E-state index contributed by atoms with van der Waals surface area (Å²) in [6.45, 7) is 4.00. The summed E-state index contributed by atoms with van der Waals surface area (Å²) in [6, 6.07) is 22.7. The third-order valence-electron chi connectivity index (χ3n) is 5.64. The number of aromatic nitrogens is 2. The Morgan fingerprint density at radius 2 is 1.58 bits per heavy atom. The molecule has 0 saturated heterocycles. The van der Waals surface area contributed by atoms with Gasteiger partial charge in [0.05, 0.1) is 17.0 Å². The topological polar surface area (TPSA) is 105 Å². The highest BCUT2D eigenvalue weighted by Crippen LogP contribution is 2.22. The first-order chi connectivity index (χ1) is 17.2. The van der Waals surface area contributed by atoms with Crippen LogP contribution in [0.3, 0.4) is 0 Å². The standard InChI is InChI=1S/C27H28N4O4S/c1-19(2)27-29-25(30-35-27)17-20-9-13-22(14-10-20)28-26(32)18-21-11-15-23(16-12-21)31(3)36(33,34)24-7-5-4-6-8-24/h4-16,19H,17-18H2,1-3H3,(H,28,32). The normalized spacial score (nSPS) is 11.4. The van der Waals surface area contributed by atoms with E-state index in [9.17, 15) is 13.2 Å². The lowest BCUT2D eigenvalue weighted by atomic mass is 10.1. The molecule has 186 valence electrons. The summed E-state index contributed by atoms with van der Waals surface area (Å²) in [7, 11) is -2.14. The maximum atomic E-state index is 12.8. The van der Waals surface area contributed by atoms with Crippen molar-refractivity contribution in [2.45, 2.75) is 37.5 Å². The van der Waals surface area contributed by atoms with E-state index < -0.39 is 10.0 Å². The summed E-state index contributed by atoms with van der Waals surface area (Å²) in [5.41, 5.74) is 2.98. The highest BCUT2D eigenvalue weighted by Gasteiger charge is 2.21. The van der Waals surface area contributed by atoms with Gasteiger partial charge >= 0.3 is 0 Å². The van der Waals surface area contributed by atoms with Crippen molar-refractivity contribution in [1.29, 1.82) is 0 Å². The van der Waals surface area contributed by atoms with E-state index in [2.05, 4.69) is 15.5 Å². The zero-order chi connectivity index (χ0) is 25.7. The Kier molecular flexibility index (Phi) is 7.49. The van der Waals surface area contributed by atoms with Crippen molar-refractivity contribution in [2.75, 3.05) is 16.7 Å². The van der Waals surface area contributed by atoms with Crippen LogP contribution in [0.1, 0.15) is 42.6 Å². The van der Waals surface area contributed by atoms with Gasteiger partial charge in [0.15, 0.2) is 5.82 Å². The van der Waals surface area contributed by atoms with E-state index in [0.29, 0.717) is 29.5 Å². The van der Waals surface area contributed by atoms with Gasteiger partial charge in [-0.15, -0.1) is 0 Å². The molecule has 1 amide bonds. The summed E-state index contributed by atoms with van der Waals surface area (Å²) < 4.78 is 32.1. The Bertz CT molecular complexity index is 1410. The fourth-order valence-electron chi connectivity index (χ4n) is 3.57. The SMILES string of the molecule is CC(C)c1nc(Cc2ccc(NC(=O)Cc3ccc(N(C)S(=O)(=O)c4ccccc4)cc3)cc2)no1. The molecule has 36 heavy (non-hydrogen) atoms. The molecule has 0 spiro atoms. The minimum Gasteiger partial charge on any atom is -0.339 e. The van der Waals surface area contributed by atoms with E-state index in [4.69, 9.17) is 4.52 Å². The molecular formula is C27H28N4O4S. The van der Waals surface area contributed by atoms with E-state index in [1.54, 1.807) is 54.6 Å². The first kappa shape index (κ1) is 25.1. The van der Waals surface area contributed by atoms with Gasteiger partial charge in [0, 0.05) is 25.1 Å². The van der Waals surface area contributed by atoms with Crippen LogP contribution in [-0.4, -0.2) is 31.5 Å². The lowest BCUT2D eigenvalue weighted by Gasteiger charge is -2.19. The number of sulfonamides is 1. The maximum absolute atomic E-state index is 12.8. The maximum Gasteiger partial charge on any atom is 0.264 e. The van der Waals surface area contributed by atoms with Gasteiger partial charge in [-0.3, -0.25) is 9.10 Å². The molecule has 0 saturated carbocycles. The Labute approximate surface area is 211 Å². The smallest absolute Gasteiger partial charge is 0.264 e. The second-order valence-electron chi connectivity index (χ2n) is 8.75. The largest absolute Gasteiger partial charge is 0.339 e. The molecule has 1 heterocycles. The monoisotopic (exact) mass is 504 g/mol. The zero-order valence-electron chi connectivity index (χ0n) is 20.4. The number of nitrogens with zero attached hydrogens (tertiary/aromatic N) is 3. The molecule has 0 fully saturated rings. The predicted molar refractivity (Wildman–Crippen MR) is 138 cm³/mol. The first-order valence-electron chi connectivity index (χ1n) is 11.6. The van der Waals surface area contributed by atoms with E-state index in [0.717, 1.165) is 11.1 Å². The molecule has 9 heteroatoms. The quantitative estimate of drug-likeness (QED) is 0.351. The third kappa shape index (κ3) is 5.98. The van der Waals surface area contributed by atoms with Gasteiger partial charge in [-0.05, 0) is 47.5 Å². The number of carbonyl (C=O) groups is 1. The van der Waals surface area contributed by atoms with Crippen LogP contribution < -0.4 is 9.62 Å². The number of benzene rings is 3. The number of nitrogens with one attached hydrogen (secondary N) is 1. The van der Waals surface area contributed by atoms with Crippen LogP contribution in [0.25, 0.3) is 0 Å². The summed E-state index contributed by atoms with van der Waals surface area (Å²) in [4.78, 5) is 17.1. The van der Waals surface area contributed by atoms with Crippen molar-refractivity contribution in [3.05, 3.63) is 102 Å². The van der Waals surface area contributed by atoms with Crippen LogP contribution in [0.5, 0.6) is 0 Å². The summed E-state index contributed by atoms with van der Waals surface area (Å²) in [5.74, 6) is 1.26. The Hall–Kier alpha value is -3.98. The molecule has 8 nitrogen and oxygen atoms in total. The van der Waals surface area contributed by atoms with Crippen molar-refractivity contribution in [1.82, 2.24) is 10.1 Å². The van der Waals surface area contributed by atoms with Gasteiger partial charge in [0.25, 0.3) is 10.0 Å². The van der Waals surface area contributed by atoms with Crippen LogP contribution in [0.2, 0.25) is 0 Å². The van der Waals surface area contributed by atoms with Gasteiger partial charge in [-0.25, -0.2) is 8.42 Å². The second-order valence-corrected chi connectivity index (χ2v) is 10.7. The minimum atomic E-state index is -3.65. The van der Waals surface area contributed by atoms with Crippen LogP contribution >= 0.6 is 0 Å². The van der Waals surface area contributed by atoms with Crippen LogP contribution in [-0.2, 0) is 27.7 Å². The van der Waals surface area contributed by atoms with Crippen molar-refractivity contribution in [3.8, 4) is 0 Å². The number of hydrogen-bond acceptors (Lipinski definition) is 6. The Balaban J connectivity index is 1.33. The number of rotatable bonds is 9. The first-order valence-corrected chi connectivity index (χ1v) is 13.0.